The van der Waals surface area contributed by atoms with Gasteiger partial charge in [0.15, 0.2) is 0 Å². The molecule has 0 saturated heterocycles. The first-order valence-electron chi connectivity index (χ1n) is 7.73. The number of hydrogen-bond acceptors (Lipinski definition) is 7. The number of sulfonamides is 1. The maximum Gasteiger partial charge on any atom is 0.325 e. The molecule has 0 atom stereocenters. The zero-order valence-corrected chi connectivity index (χ0v) is 16.3. The maximum absolute atomic E-state index is 11.5. The Bertz CT molecular complexity index is 1090. The summed E-state index contributed by atoms with van der Waals surface area (Å²) in [6.45, 7) is 0.951. The van der Waals surface area contributed by atoms with Gasteiger partial charge in [-0.3, -0.25) is 4.57 Å². The molecule has 3 rings (SSSR count). The Morgan fingerprint density at radius 1 is 1.26 bits per heavy atom. The van der Waals surface area contributed by atoms with Crippen molar-refractivity contribution in [1.82, 2.24) is 19.5 Å². The normalized spacial score (nSPS) is 11.3. The number of anilines is 3. The van der Waals surface area contributed by atoms with E-state index in [4.69, 9.17) is 5.14 Å². The third-order valence-corrected chi connectivity index (χ3v) is 5.06. The molecule has 1 aromatic carbocycles. The summed E-state index contributed by atoms with van der Waals surface area (Å²) >= 11 is 3.37. The van der Waals surface area contributed by atoms with E-state index in [1.54, 1.807) is 30.7 Å². The van der Waals surface area contributed by atoms with Crippen molar-refractivity contribution in [3.63, 3.8) is 0 Å². The molecule has 0 bridgehead atoms. The number of H-pyrrole nitrogens is 1. The van der Waals surface area contributed by atoms with E-state index in [-0.39, 0.29) is 10.6 Å². The van der Waals surface area contributed by atoms with Gasteiger partial charge in [0.1, 0.15) is 5.82 Å². The number of aromatic nitrogens is 4. The molecule has 142 valence electrons. The Morgan fingerprint density at radius 3 is 2.63 bits per heavy atom. The number of benzene rings is 1. The lowest BCUT2D eigenvalue weighted by Crippen LogP contribution is -2.21. The summed E-state index contributed by atoms with van der Waals surface area (Å²) < 4.78 is 24.8. The molecular weight excluding hydrogens is 438 g/mol. The summed E-state index contributed by atoms with van der Waals surface area (Å²) in [4.78, 5) is 22.6. The summed E-state index contributed by atoms with van der Waals surface area (Å²) in [6, 6.07) is 5.92. The molecule has 10 nitrogen and oxygen atoms in total. The number of imidazole rings is 1. The van der Waals surface area contributed by atoms with Crippen molar-refractivity contribution < 1.29 is 8.42 Å². The fourth-order valence-electron chi connectivity index (χ4n) is 2.23. The van der Waals surface area contributed by atoms with Crippen LogP contribution in [0.1, 0.15) is 0 Å². The van der Waals surface area contributed by atoms with Gasteiger partial charge in [-0.15, -0.1) is 0 Å². The summed E-state index contributed by atoms with van der Waals surface area (Å²) in [5.41, 5.74) is 0.429. The Labute approximate surface area is 163 Å². The van der Waals surface area contributed by atoms with E-state index in [0.717, 1.165) is 0 Å². The molecule has 0 unspecified atom stereocenters. The fourth-order valence-corrected chi connectivity index (χ4v) is 3.08. The average Bonchev–Trinajstić information content (AvgIpc) is 3.02. The van der Waals surface area contributed by atoms with Gasteiger partial charge in [0.05, 0.1) is 9.37 Å². The van der Waals surface area contributed by atoms with Crippen LogP contribution in [0, 0.1) is 0 Å². The van der Waals surface area contributed by atoms with Crippen LogP contribution in [0.5, 0.6) is 0 Å². The van der Waals surface area contributed by atoms with Crippen LogP contribution in [0.3, 0.4) is 0 Å². The third-order valence-electron chi connectivity index (χ3n) is 3.55. The van der Waals surface area contributed by atoms with E-state index in [9.17, 15) is 13.2 Å². The van der Waals surface area contributed by atoms with Crippen molar-refractivity contribution in [3.8, 4) is 0 Å². The molecule has 2 heterocycles. The van der Waals surface area contributed by atoms with E-state index >= 15 is 0 Å². The zero-order valence-electron chi connectivity index (χ0n) is 13.9. The van der Waals surface area contributed by atoms with Gasteiger partial charge in [0.25, 0.3) is 0 Å². The summed E-state index contributed by atoms with van der Waals surface area (Å²) in [5, 5.41) is 11.2. The molecule has 27 heavy (non-hydrogen) atoms. The van der Waals surface area contributed by atoms with Crippen LogP contribution in [0.2, 0.25) is 0 Å². The van der Waals surface area contributed by atoms with E-state index in [0.29, 0.717) is 35.0 Å². The van der Waals surface area contributed by atoms with Crippen LogP contribution < -0.4 is 21.5 Å². The first-order chi connectivity index (χ1) is 12.8. The van der Waals surface area contributed by atoms with Gasteiger partial charge in [0.2, 0.25) is 16.0 Å². The second-order valence-corrected chi connectivity index (χ2v) is 7.89. The number of primary sulfonamides is 1. The SMILES string of the molecule is NS(=O)(=O)c1ccc(Nc2ncc(Br)c(NCCn3cc[nH]c3=O)n2)cc1. The molecular formula is C15H16BrN7O3S. The molecule has 0 aliphatic heterocycles. The maximum atomic E-state index is 11.5. The molecule has 3 aromatic rings. The van der Waals surface area contributed by atoms with Crippen molar-refractivity contribution in [2.75, 3.05) is 17.2 Å². The van der Waals surface area contributed by atoms with Gasteiger partial charge in [-0.25, -0.2) is 23.3 Å². The van der Waals surface area contributed by atoms with Crippen LogP contribution in [0.25, 0.3) is 0 Å². The molecule has 0 amide bonds. The second kappa shape index (κ2) is 7.90. The summed E-state index contributed by atoms with van der Waals surface area (Å²) in [7, 11) is -3.74. The van der Waals surface area contributed by atoms with Crippen molar-refractivity contribution in [2.24, 2.45) is 5.14 Å². The van der Waals surface area contributed by atoms with Crippen molar-refractivity contribution in [1.29, 1.82) is 0 Å². The van der Waals surface area contributed by atoms with E-state index in [2.05, 4.69) is 41.5 Å². The quantitative estimate of drug-likeness (QED) is 0.420. The van der Waals surface area contributed by atoms with Gasteiger partial charge in [-0.1, -0.05) is 0 Å². The Kier molecular flexibility index (Phi) is 5.58. The highest BCUT2D eigenvalue weighted by atomic mass is 79.9. The highest BCUT2D eigenvalue weighted by molar-refractivity contribution is 9.10. The lowest BCUT2D eigenvalue weighted by molar-refractivity contribution is 0.598. The topological polar surface area (TPSA) is 148 Å². The molecule has 0 aliphatic carbocycles. The molecule has 0 saturated carbocycles. The van der Waals surface area contributed by atoms with Crippen molar-refractivity contribution in [3.05, 3.63) is 57.8 Å². The smallest absolute Gasteiger partial charge is 0.325 e. The van der Waals surface area contributed by atoms with Gasteiger partial charge in [-0.2, -0.15) is 4.98 Å². The van der Waals surface area contributed by atoms with E-state index in [1.165, 1.54) is 16.7 Å². The van der Waals surface area contributed by atoms with Crippen LogP contribution in [-0.4, -0.2) is 34.5 Å². The second-order valence-electron chi connectivity index (χ2n) is 5.47. The van der Waals surface area contributed by atoms with Crippen LogP contribution in [0.4, 0.5) is 17.5 Å². The molecule has 0 radical (unpaired) electrons. The van der Waals surface area contributed by atoms with E-state index < -0.39 is 10.0 Å². The minimum Gasteiger partial charge on any atom is -0.367 e. The number of nitrogens with two attached hydrogens (primary N) is 1. The largest absolute Gasteiger partial charge is 0.367 e. The summed E-state index contributed by atoms with van der Waals surface area (Å²) in [6.07, 6.45) is 4.82. The van der Waals surface area contributed by atoms with Gasteiger partial charge in [-0.05, 0) is 40.2 Å². The van der Waals surface area contributed by atoms with Crippen LogP contribution in [-0.2, 0) is 16.6 Å². The van der Waals surface area contributed by atoms with Crippen LogP contribution >= 0.6 is 15.9 Å². The van der Waals surface area contributed by atoms with Gasteiger partial charge >= 0.3 is 5.69 Å². The fraction of sp³-hybridized carbons (Fsp3) is 0.133. The van der Waals surface area contributed by atoms with Gasteiger partial charge in [0, 0.05) is 37.4 Å². The molecule has 12 heteroatoms. The lowest BCUT2D eigenvalue weighted by Gasteiger charge is -2.10. The molecule has 2 aromatic heterocycles. The number of halogens is 1. The van der Waals surface area contributed by atoms with Crippen molar-refractivity contribution in [2.45, 2.75) is 11.4 Å². The third kappa shape index (κ3) is 4.93. The minimum atomic E-state index is -3.74. The molecule has 0 aliphatic rings. The number of aromatic amines is 1. The molecule has 0 spiro atoms. The zero-order chi connectivity index (χ0) is 19.4. The predicted molar refractivity (Wildman–Crippen MR) is 104 cm³/mol. The number of hydrogen-bond donors (Lipinski definition) is 4. The lowest BCUT2D eigenvalue weighted by atomic mass is 10.3. The van der Waals surface area contributed by atoms with Gasteiger partial charge < -0.3 is 15.6 Å². The van der Waals surface area contributed by atoms with Crippen molar-refractivity contribution >= 4 is 43.4 Å². The Balaban J connectivity index is 1.67. The number of nitrogens with zero attached hydrogens (tertiary/aromatic N) is 3. The first-order valence-corrected chi connectivity index (χ1v) is 10.1. The highest BCUT2D eigenvalue weighted by Crippen LogP contribution is 2.22. The minimum absolute atomic E-state index is 0.0205. The number of rotatable bonds is 7. The molecule has 5 N–H and O–H groups in total. The number of nitrogens with one attached hydrogen (secondary N) is 3. The van der Waals surface area contributed by atoms with E-state index in [1.807, 2.05) is 0 Å². The standard InChI is InChI=1S/C15H16BrN7O3S/c16-12-9-20-14(21-10-1-3-11(4-2-10)27(17,25)26)22-13(12)18-5-7-23-8-6-19-15(23)24/h1-4,6,8-9H,5,7H2,(H,19,24)(H2,17,25,26)(H2,18,20,21,22). The Morgan fingerprint density at radius 2 is 2.00 bits per heavy atom. The monoisotopic (exact) mass is 453 g/mol. The van der Waals surface area contributed by atoms with Crippen LogP contribution in [0.15, 0.2) is 57.0 Å². The summed E-state index contributed by atoms with van der Waals surface area (Å²) in [5.74, 6) is 0.875. The predicted octanol–water partition coefficient (Wildman–Crippen LogP) is 1.23. The average molecular weight is 454 g/mol. The first kappa shape index (κ1) is 19.1. The molecule has 0 fully saturated rings. The Hall–Kier alpha value is -2.70. The highest BCUT2D eigenvalue weighted by Gasteiger charge is 2.09.